The lowest BCUT2D eigenvalue weighted by Crippen LogP contribution is -2.48. The maximum atomic E-state index is 11.2. The van der Waals surface area contributed by atoms with Crippen molar-refractivity contribution in [2.75, 3.05) is 7.05 Å². The molecule has 0 radical (unpaired) electrons. The van der Waals surface area contributed by atoms with Gasteiger partial charge in [-0.25, -0.2) is 0 Å². The van der Waals surface area contributed by atoms with Crippen LogP contribution in [-0.4, -0.2) is 28.6 Å². The number of carbonyl (C=O) groups is 1. The van der Waals surface area contributed by atoms with E-state index in [2.05, 4.69) is 0 Å². The fraction of sp³-hybridized carbons (Fsp3) is 0.462. The highest BCUT2D eigenvalue weighted by molar-refractivity contribution is 6.30. The van der Waals surface area contributed by atoms with Crippen LogP contribution >= 0.6 is 11.6 Å². The molecular formula is C13H18ClNO2. The van der Waals surface area contributed by atoms with Gasteiger partial charge in [0.15, 0.2) is 0 Å². The third kappa shape index (κ3) is 2.99. The fourth-order valence-electron chi connectivity index (χ4n) is 1.63. The Kier molecular flexibility index (Phi) is 4.17. The van der Waals surface area contributed by atoms with E-state index >= 15 is 0 Å². The molecule has 0 saturated carbocycles. The number of halogens is 1. The Morgan fingerprint density at radius 1 is 1.47 bits per heavy atom. The van der Waals surface area contributed by atoms with Crippen molar-refractivity contribution in [1.82, 2.24) is 4.90 Å². The lowest BCUT2D eigenvalue weighted by Gasteiger charge is -2.36. The molecule has 0 aliphatic carbocycles. The molecule has 1 aromatic rings. The molecule has 0 aliphatic heterocycles. The van der Waals surface area contributed by atoms with Gasteiger partial charge < -0.3 is 5.11 Å². The van der Waals surface area contributed by atoms with Gasteiger partial charge in [-0.1, -0.05) is 23.7 Å². The molecule has 1 aromatic carbocycles. The minimum atomic E-state index is -0.915. The Morgan fingerprint density at radius 2 is 2.06 bits per heavy atom. The van der Waals surface area contributed by atoms with Crippen LogP contribution in [0, 0.1) is 0 Å². The number of rotatable bonds is 4. The highest BCUT2D eigenvalue weighted by atomic mass is 35.5. The molecular weight excluding hydrogens is 238 g/mol. The van der Waals surface area contributed by atoms with Crippen LogP contribution in [0.2, 0.25) is 5.02 Å². The topological polar surface area (TPSA) is 40.5 Å². The monoisotopic (exact) mass is 255 g/mol. The Balaban J connectivity index is 2.98. The maximum absolute atomic E-state index is 11.2. The summed E-state index contributed by atoms with van der Waals surface area (Å²) in [6, 6.07) is 7.47. The van der Waals surface area contributed by atoms with Gasteiger partial charge in [0, 0.05) is 11.1 Å². The molecule has 0 aliphatic rings. The van der Waals surface area contributed by atoms with Gasteiger partial charge in [0.1, 0.15) is 5.54 Å². The first-order valence-electron chi connectivity index (χ1n) is 5.48. The van der Waals surface area contributed by atoms with E-state index in [-0.39, 0.29) is 6.04 Å². The van der Waals surface area contributed by atoms with Gasteiger partial charge in [-0.3, -0.25) is 9.69 Å². The number of carboxylic acids is 1. The molecule has 0 saturated heterocycles. The van der Waals surface area contributed by atoms with E-state index in [1.54, 1.807) is 27.0 Å². The Labute approximate surface area is 107 Å². The van der Waals surface area contributed by atoms with Crippen LogP contribution in [0.15, 0.2) is 24.3 Å². The second-order valence-electron chi connectivity index (χ2n) is 4.71. The molecule has 0 bridgehead atoms. The standard InChI is InChI=1S/C13H18ClNO2/c1-9(10-6-5-7-11(14)8-10)15(4)13(2,3)12(16)17/h5-9H,1-4H3,(H,16,17). The van der Waals surface area contributed by atoms with Crippen LogP contribution in [-0.2, 0) is 4.79 Å². The van der Waals surface area contributed by atoms with Gasteiger partial charge in [-0.05, 0) is 45.5 Å². The van der Waals surface area contributed by atoms with Crippen LogP contribution in [0.5, 0.6) is 0 Å². The second-order valence-corrected chi connectivity index (χ2v) is 5.14. The van der Waals surface area contributed by atoms with Crippen molar-refractivity contribution in [2.24, 2.45) is 0 Å². The molecule has 4 heteroatoms. The molecule has 17 heavy (non-hydrogen) atoms. The Hall–Kier alpha value is -1.06. The second kappa shape index (κ2) is 5.07. The number of likely N-dealkylation sites (N-methyl/N-ethyl adjacent to an activating group) is 1. The van der Waals surface area contributed by atoms with Gasteiger partial charge in [-0.15, -0.1) is 0 Å². The molecule has 0 heterocycles. The number of aliphatic carboxylic acids is 1. The average Bonchev–Trinajstić information content (AvgIpc) is 2.26. The SMILES string of the molecule is CC(c1cccc(Cl)c1)N(C)C(C)(C)C(=O)O. The van der Waals surface area contributed by atoms with Crippen molar-refractivity contribution in [3.63, 3.8) is 0 Å². The molecule has 1 unspecified atom stereocenters. The zero-order valence-electron chi connectivity index (χ0n) is 10.6. The first-order valence-corrected chi connectivity index (χ1v) is 5.86. The molecule has 0 amide bonds. The van der Waals surface area contributed by atoms with Crippen molar-refractivity contribution in [2.45, 2.75) is 32.4 Å². The van der Waals surface area contributed by atoms with Gasteiger partial charge in [0.2, 0.25) is 0 Å². The summed E-state index contributed by atoms with van der Waals surface area (Å²) in [6.45, 7) is 5.35. The number of benzene rings is 1. The first-order chi connectivity index (χ1) is 7.76. The van der Waals surface area contributed by atoms with Gasteiger partial charge in [-0.2, -0.15) is 0 Å². The summed E-state index contributed by atoms with van der Waals surface area (Å²) in [6.07, 6.45) is 0. The first kappa shape index (κ1) is 14.0. The minimum Gasteiger partial charge on any atom is -0.480 e. The summed E-state index contributed by atoms with van der Waals surface area (Å²) >= 11 is 5.94. The van der Waals surface area contributed by atoms with Crippen molar-refractivity contribution >= 4 is 17.6 Å². The lowest BCUT2D eigenvalue weighted by atomic mass is 9.98. The number of carboxylic acid groups (broad SMARTS) is 1. The number of hydrogen-bond donors (Lipinski definition) is 1. The summed E-state index contributed by atoms with van der Waals surface area (Å²) in [4.78, 5) is 13.0. The average molecular weight is 256 g/mol. The number of nitrogens with zero attached hydrogens (tertiary/aromatic N) is 1. The van der Waals surface area contributed by atoms with Gasteiger partial charge in [0.25, 0.3) is 0 Å². The summed E-state index contributed by atoms with van der Waals surface area (Å²) in [5.74, 6) is -0.839. The largest absolute Gasteiger partial charge is 0.480 e. The molecule has 1 rings (SSSR count). The van der Waals surface area contributed by atoms with E-state index in [4.69, 9.17) is 11.6 Å². The van der Waals surface area contributed by atoms with E-state index in [9.17, 15) is 9.90 Å². The quantitative estimate of drug-likeness (QED) is 0.898. The summed E-state index contributed by atoms with van der Waals surface area (Å²) < 4.78 is 0. The highest BCUT2D eigenvalue weighted by Gasteiger charge is 2.35. The predicted molar refractivity (Wildman–Crippen MR) is 69.3 cm³/mol. The molecule has 0 fully saturated rings. The normalized spacial score (nSPS) is 13.8. The third-order valence-corrected chi connectivity index (χ3v) is 3.55. The molecule has 94 valence electrons. The van der Waals surface area contributed by atoms with Crippen molar-refractivity contribution in [1.29, 1.82) is 0 Å². The maximum Gasteiger partial charge on any atom is 0.323 e. The summed E-state index contributed by atoms with van der Waals surface area (Å²) in [5, 5.41) is 9.86. The zero-order valence-corrected chi connectivity index (χ0v) is 11.3. The molecule has 3 nitrogen and oxygen atoms in total. The van der Waals surface area contributed by atoms with Crippen molar-refractivity contribution in [3.8, 4) is 0 Å². The highest BCUT2D eigenvalue weighted by Crippen LogP contribution is 2.27. The van der Waals surface area contributed by atoms with Crippen LogP contribution in [0.4, 0.5) is 0 Å². The lowest BCUT2D eigenvalue weighted by molar-refractivity contribution is -0.149. The van der Waals surface area contributed by atoms with Crippen molar-refractivity contribution in [3.05, 3.63) is 34.9 Å². The van der Waals surface area contributed by atoms with E-state index in [1.807, 2.05) is 30.0 Å². The van der Waals surface area contributed by atoms with Crippen LogP contribution in [0.25, 0.3) is 0 Å². The van der Waals surface area contributed by atoms with Crippen LogP contribution in [0.3, 0.4) is 0 Å². The summed E-state index contributed by atoms with van der Waals surface area (Å²) in [7, 11) is 1.81. The van der Waals surface area contributed by atoms with Crippen LogP contribution < -0.4 is 0 Å². The van der Waals surface area contributed by atoms with E-state index in [1.165, 1.54) is 0 Å². The van der Waals surface area contributed by atoms with E-state index in [0.717, 1.165) is 5.56 Å². The van der Waals surface area contributed by atoms with Gasteiger partial charge >= 0.3 is 5.97 Å². The molecule has 0 spiro atoms. The Bertz CT molecular complexity index is 418. The zero-order chi connectivity index (χ0) is 13.2. The van der Waals surface area contributed by atoms with E-state index < -0.39 is 11.5 Å². The molecule has 0 aromatic heterocycles. The van der Waals surface area contributed by atoms with Gasteiger partial charge in [0.05, 0.1) is 0 Å². The van der Waals surface area contributed by atoms with E-state index in [0.29, 0.717) is 5.02 Å². The minimum absolute atomic E-state index is 0.0141. The summed E-state index contributed by atoms with van der Waals surface area (Å²) in [5.41, 5.74) is 0.0937. The molecule has 1 N–H and O–H groups in total. The number of hydrogen-bond acceptors (Lipinski definition) is 2. The van der Waals surface area contributed by atoms with Crippen molar-refractivity contribution < 1.29 is 9.90 Å². The van der Waals surface area contributed by atoms with Crippen LogP contribution in [0.1, 0.15) is 32.4 Å². The Morgan fingerprint density at radius 3 is 2.53 bits per heavy atom. The fourth-order valence-corrected chi connectivity index (χ4v) is 1.82. The smallest absolute Gasteiger partial charge is 0.323 e. The predicted octanol–water partition coefficient (Wildman–Crippen LogP) is 3.20. The molecule has 1 atom stereocenters. The third-order valence-electron chi connectivity index (χ3n) is 3.32.